The van der Waals surface area contributed by atoms with E-state index < -0.39 is 23.5 Å². The van der Waals surface area contributed by atoms with Gasteiger partial charge in [0.1, 0.15) is 5.56 Å². The van der Waals surface area contributed by atoms with Gasteiger partial charge in [0, 0.05) is 6.07 Å². The molecule has 1 aromatic heterocycles. The van der Waals surface area contributed by atoms with Gasteiger partial charge in [-0.2, -0.15) is 17.6 Å². The Kier molecular flexibility index (Phi) is 1.87. The first-order valence-electron chi connectivity index (χ1n) is 2.77. The van der Waals surface area contributed by atoms with Crippen LogP contribution < -0.4 is 5.73 Å². The molecule has 0 aliphatic carbocycles. The Labute approximate surface area is 64.2 Å². The van der Waals surface area contributed by atoms with Crippen LogP contribution in [0.3, 0.4) is 0 Å². The van der Waals surface area contributed by atoms with Crippen LogP contribution in [-0.4, -0.2) is 10.2 Å². The highest BCUT2D eigenvalue weighted by Gasteiger charge is 2.34. The van der Waals surface area contributed by atoms with E-state index in [9.17, 15) is 17.6 Å². The van der Waals surface area contributed by atoms with Crippen molar-refractivity contribution in [2.75, 3.05) is 5.73 Å². The molecule has 0 amide bonds. The number of hydrogen-bond acceptors (Lipinski definition) is 3. The maximum Gasteiger partial charge on any atom is 0.420 e. The molecule has 0 spiro atoms. The van der Waals surface area contributed by atoms with E-state index in [-0.39, 0.29) is 6.07 Å². The topological polar surface area (TPSA) is 51.8 Å². The standard InChI is InChI=1S/C5H3F4N3/c6-3-1-2(5(7,8)9)4(10)12-11-3/h1H,(H2,10,12). The maximum absolute atomic E-state index is 12.1. The van der Waals surface area contributed by atoms with Crippen LogP contribution in [0.2, 0.25) is 0 Å². The molecule has 0 atom stereocenters. The fourth-order valence-electron chi connectivity index (χ4n) is 0.604. The van der Waals surface area contributed by atoms with Crippen molar-refractivity contribution in [3.8, 4) is 0 Å². The highest BCUT2D eigenvalue weighted by molar-refractivity contribution is 5.39. The highest BCUT2D eigenvalue weighted by atomic mass is 19.4. The fraction of sp³-hybridized carbons (Fsp3) is 0.200. The van der Waals surface area contributed by atoms with E-state index in [0.29, 0.717) is 0 Å². The largest absolute Gasteiger partial charge is 0.420 e. The van der Waals surface area contributed by atoms with Gasteiger partial charge in [0.15, 0.2) is 5.82 Å². The van der Waals surface area contributed by atoms with Crippen LogP contribution in [0.15, 0.2) is 6.07 Å². The predicted octanol–water partition coefficient (Wildman–Crippen LogP) is 1.22. The van der Waals surface area contributed by atoms with Gasteiger partial charge in [-0.05, 0) is 0 Å². The summed E-state index contributed by atoms with van der Waals surface area (Å²) in [6, 6.07) is 0.197. The predicted molar refractivity (Wildman–Crippen MR) is 31.4 cm³/mol. The summed E-state index contributed by atoms with van der Waals surface area (Å²) in [5, 5.41) is 5.49. The van der Waals surface area contributed by atoms with Gasteiger partial charge in [-0.25, -0.2) is 0 Å². The third-order valence-corrected chi connectivity index (χ3v) is 1.10. The molecule has 0 fully saturated rings. The van der Waals surface area contributed by atoms with E-state index in [1.165, 1.54) is 0 Å². The summed E-state index contributed by atoms with van der Waals surface area (Å²) in [7, 11) is 0. The van der Waals surface area contributed by atoms with Crippen LogP contribution >= 0.6 is 0 Å². The van der Waals surface area contributed by atoms with Gasteiger partial charge in [-0.3, -0.25) is 0 Å². The number of nitrogens with two attached hydrogens (primary N) is 1. The minimum atomic E-state index is -4.69. The minimum Gasteiger partial charge on any atom is -0.382 e. The lowest BCUT2D eigenvalue weighted by Gasteiger charge is -2.06. The molecule has 0 radical (unpaired) electrons. The first kappa shape index (κ1) is 8.69. The molecular formula is C5H3F4N3. The first-order chi connectivity index (χ1) is 5.41. The van der Waals surface area contributed by atoms with E-state index >= 15 is 0 Å². The van der Waals surface area contributed by atoms with Crippen molar-refractivity contribution in [2.45, 2.75) is 6.18 Å². The lowest BCUT2D eigenvalue weighted by Crippen LogP contribution is -2.12. The van der Waals surface area contributed by atoms with Gasteiger partial charge in [0.05, 0.1) is 0 Å². The van der Waals surface area contributed by atoms with E-state index in [0.717, 1.165) is 0 Å². The molecule has 0 unspecified atom stereocenters. The molecule has 0 aliphatic rings. The zero-order valence-corrected chi connectivity index (χ0v) is 5.56. The average molecular weight is 181 g/mol. The Morgan fingerprint density at radius 3 is 2.25 bits per heavy atom. The Balaban J connectivity index is 3.23. The second-order valence-electron chi connectivity index (χ2n) is 1.96. The van der Waals surface area contributed by atoms with E-state index in [1.807, 2.05) is 0 Å². The van der Waals surface area contributed by atoms with E-state index in [2.05, 4.69) is 10.2 Å². The molecule has 1 aromatic rings. The van der Waals surface area contributed by atoms with Crippen LogP contribution in [0, 0.1) is 5.95 Å². The first-order valence-corrected chi connectivity index (χ1v) is 2.77. The lowest BCUT2D eigenvalue weighted by atomic mass is 10.3. The Morgan fingerprint density at radius 1 is 1.25 bits per heavy atom. The monoisotopic (exact) mass is 181 g/mol. The summed E-state index contributed by atoms with van der Waals surface area (Å²) in [5.41, 5.74) is 3.51. The summed E-state index contributed by atoms with van der Waals surface area (Å²) in [6.07, 6.45) is -4.69. The molecule has 66 valence electrons. The molecule has 3 nitrogen and oxygen atoms in total. The second-order valence-corrected chi connectivity index (χ2v) is 1.96. The zero-order valence-electron chi connectivity index (χ0n) is 5.56. The van der Waals surface area contributed by atoms with Crippen LogP contribution in [0.1, 0.15) is 5.56 Å². The van der Waals surface area contributed by atoms with Crippen LogP contribution in [-0.2, 0) is 6.18 Å². The lowest BCUT2D eigenvalue weighted by molar-refractivity contribution is -0.137. The SMILES string of the molecule is Nc1nnc(F)cc1C(F)(F)F. The van der Waals surface area contributed by atoms with Crippen LogP contribution in [0.4, 0.5) is 23.4 Å². The molecule has 0 saturated carbocycles. The molecule has 0 bridgehead atoms. The number of anilines is 1. The second kappa shape index (κ2) is 2.58. The Morgan fingerprint density at radius 2 is 1.83 bits per heavy atom. The van der Waals surface area contributed by atoms with Crippen molar-refractivity contribution in [2.24, 2.45) is 0 Å². The molecule has 0 saturated heterocycles. The molecule has 1 rings (SSSR count). The molecule has 2 N–H and O–H groups in total. The van der Waals surface area contributed by atoms with Crippen LogP contribution in [0.5, 0.6) is 0 Å². The summed E-state index contributed by atoms with van der Waals surface area (Å²) in [5.74, 6) is -2.14. The van der Waals surface area contributed by atoms with E-state index in [1.54, 1.807) is 0 Å². The molecule has 12 heavy (non-hydrogen) atoms. The molecule has 0 aromatic carbocycles. The smallest absolute Gasteiger partial charge is 0.382 e. The molecular weight excluding hydrogens is 178 g/mol. The maximum atomic E-state index is 12.1. The number of nitrogens with zero attached hydrogens (tertiary/aromatic N) is 2. The normalized spacial score (nSPS) is 11.7. The number of nitrogen functional groups attached to an aromatic ring is 1. The number of rotatable bonds is 0. The third kappa shape index (κ3) is 1.60. The minimum absolute atomic E-state index is 0.197. The van der Waals surface area contributed by atoms with Crippen LogP contribution in [0.25, 0.3) is 0 Å². The quantitative estimate of drug-likeness (QED) is 0.612. The Hall–Kier alpha value is -1.40. The Bertz CT molecular complexity index is 295. The van der Waals surface area contributed by atoms with Crippen molar-refractivity contribution < 1.29 is 17.6 Å². The molecule has 1 heterocycles. The van der Waals surface area contributed by atoms with Crippen molar-refractivity contribution in [3.63, 3.8) is 0 Å². The van der Waals surface area contributed by atoms with Crippen molar-refractivity contribution in [3.05, 3.63) is 17.6 Å². The van der Waals surface area contributed by atoms with E-state index in [4.69, 9.17) is 5.73 Å². The van der Waals surface area contributed by atoms with Crippen molar-refractivity contribution in [1.29, 1.82) is 0 Å². The fourth-order valence-corrected chi connectivity index (χ4v) is 0.604. The number of hydrogen-bond donors (Lipinski definition) is 1. The number of halogens is 4. The molecule has 7 heteroatoms. The average Bonchev–Trinajstić information content (AvgIpc) is 1.92. The third-order valence-electron chi connectivity index (χ3n) is 1.10. The van der Waals surface area contributed by atoms with Gasteiger partial charge in [0.2, 0.25) is 5.95 Å². The summed E-state index contributed by atoms with van der Waals surface area (Å²) < 4.78 is 47.9. The summed E-state index contributed by atoms with van der Waals surface area (Å²) >= 11 is 0. The summed E-state index contributed by atoms with van der Waals surface area (Å²) in [6.45, 7) is 0. The number of aromatic nitrogens is 2. The van der Waals surface area contributed by atoms with Gasteiger partial charge in [0.25, 0.3) is 0 Å². The van der Waals surface area contributed by atoms with Gasteiger partial charge < -0.3 is 5.73 Å². The van der Waals surface area contributed by atoms with Crippen molar-refractivity contribution >= 4 is 5.82 Å². The van der Waals surface area contributed by atoms with Gasteiger partial charge in [-0.1, -0.05) is 0 Å². The van der Waals surface area contributed by atoms with Crippen molar-refractivity contribution in [1.82, 2.24) is 10.2 Å². The molecule has 0 aliphatic heterocycles. The summed E-state index contributed by atoms with van der Waals surface area (Å²) in [4.78, 5) is 0. The highest BCUT2D eigenvalue weighted by Crippen LogP contribution is 2.31. The zero-order chi connectivity index (χ0) is 9.35. The number of alkyl halides is 3. The van der Waals surface area contributed by atoms with Gasteiger partial charge >= 0.3 is 6.18 Å². The van der Waals surface area contributed by atoms with Gasteiger partial charge in [-0.15, -0.1) is 10.2 Å².